The molecule has 202 valence electrons. The van der Waals surface area contributed by atoms with Gasteiger partial charge in [0.1, 0.15) is 18.2 Å². The number of carboxylic acid groups (broad SMARTS) is 1. The molecule has 1 aliphatic carbocycles. The van der Waals surface area contributed by atoms with Crippen LogP contribution in [0, 0.1) is 0 Å². The fourth-order valence-corrected chi connectivity index (χ4v) is 5.55. The van der Waals surface area contributed by atoms with Crippen molar-refractivity contribution in [3.8, 4) is 11.1 Å². The van der Waals surface area contributed by atoms with Gasteiger partial charge >= 0.3 is 12.1 Å². The number of rotatable bonds is 8. The smallest absolute Gasteiger partial charge is 0.407 e. The van der Waals surface area contributed by atoms with Crippen molar-refractivity contribution in [3.05, 3.63) is 95.6 Å². The highest BCUT2D eigenvalue weighted by molar-refractivity contribution is 5.91. The van der Waals surface area contributed by atoms with Gasteiger partial charge < -0.3 is 20.5 Å². The van der Waals surface area contributed by atoms with Crippen LogP contribution in [0.25, 0.3) is 11.1 Å². The number of carbonyl (C=O) groups excluding carboxylic acids is 2. The van der Waals surface area contributed by atoms with Crippen molar-refractivity contribution < 1.29 is 24.2 Å². The van der Waals surface area contributed by atoms with Crippen LogP contribution in [0.15, 0.2) is 78.9 Å². The number of carboxylic acids is 1. The summed E-state index contributed by atoms with van der Waals surface area (Å²) in [5.74, 6) is -1.71. The van der Waals surface area contributed by atoms with Crippen LogP contribution >= 0.6 is 0 Å². The minimum atomic E-state index is -1.37. The zero-order valence-electron chi connectivity index (χ0n) is 21.9. The van der Waals surface area contributed by atoms with Crippen LogP contribution in [0.3, 0.4) is 0 Å². The molecule has 1 heterocycles. The SMILES string of the molecule is C[C@@H](NC(=O)OCC1c2ccccc2-c2ccccc21)C(=O)NC1(C(=O)O)CCN(Cc2ccccc2)CC1. The molecule has 1 aliphatic heterocycles. The molecule has 0 unspecified atom stereocenters. The van der Waals surface area contributed by atoms with Crippen LogP contribution in [-0.4, -0.2) is 59.3 Å². The topological polar surface area (TPSA) is 108 Å². The van der Waals surface area contributed by atoms with Gasteiger partial charge in [0, 0.05) is 25.6 Å². The molecule has 2 amide bonds. The predicted molar refractivity (Wildman–Crippen MR) is 147 cm³/mol. The number of nitrogens with one attached hydrogen (secondary N) is 2. The van der Waals surface area contributed by atoms with E-state index in [0.717, 1.165) is 34.4 Å². The Morgan fingerprint density at radius 1 is 0.923 bits per heavy atom. The van der Waals surface area contributed by atoms with Gasteiger partial charge in [0.25, 0.3) is 0 Å². The lowest BCUT2D eigenvalue weighted by Gasteiger charge is -2.39. The van der Waals surface area contributed by atoms with Gasteiger partial charge in [0.05, 0.1) is 0 Å². The number of hydrogen-bond acceptors (Lipinski definition) is 5. The van der Waals surface area contributed by atoms with E-state index < -0.39 is 29.6 Å². The largest absolute Gasteiger partial charge is 0.480 e. The Kier molecular flexibility index (Phi) is 7.65. The Bertz CT molecular complexity index is 1310. The number of fused-ring (bicyclic) bond motifs is 3. The van der Waals surface area contributed by atoms with Gasteiger partial charge in [-0.1, -0.05) is 78.9 Å². The lowest BCUT2D eigenvalue weighted by molar-refractivity contribution is -0.150. The molecule has 2 aliphatic rings. The maximum absolute atomic E-state index is 13.0. The van der Waals surface area contributed by atoms with E-state index in [-0.39, 0.29) is 25.4 Å². The number of piperidine rings is 1. The van der Waals surface area contributed by atoms with Crippen LogP contribution in [0.4, 0.5) is 4.79 Å². The first-order valence-electron chi connectivity index (χ1n) is 13.3. The average molecular weight is 528 g/mol. The molecule has 8 nitrogen and oxygen atoms in total. The van der Waals surface area contributed by atoms with Crippen LogP contribution < -0.4 is 10.6 Å². The Labute approximate surface area is 228 Å². The quantitative estimate of drug-likeness (QED) is 0.406. The third-order valence-electron chi connectivity index (χ3n) is 7.80. The van der Waals surface area contributed by atoms with E-state index in [1.54, 1.807) is 0 Å². The minimum absolute atomic E-state index is 0.0939. The standard InChI is InChI=1S/C31H33N3O5/c1-21(28(35)33-31(29(36)37)15-17-34(18-16-31)19-22-9-3-2-4-10-22)32-30(38)39-20-27-25-13-7-5-11-23(25)24-12-6-8-14-26(24)27/h2-14,21,27H,15-20H2,1H3,(H,32,38)(H,33,35)(H,36,37)/t21-/m1/s1. The zero-order chi connectivity index (χ0) is 27.4. The molecule has 0 saturated carbocycles. The summed E-state index contributed by atoms with van der Waals surface area (Å²) in [5, 5.41) is 15.3. The maximum atomic E-state index is 13.0. The number of carbonyl (C=O) groups is 3. The summed E-state index contributed by atoms with van der Waals surface area (Å²) >= 11 is 0. The van der Waals surface area contributed by atoms with E-state index in [1.807, 2.05) is 66.7 Å². The Balaban J connectivity index is 1.14. The molecule has 8 heteroatoms. The first-order chi connectivity index (χ1) is 18.9. The maximum Gasteiger partial charge on any atom is 0.407 e. The first kappa shape index (κ1) is 26.4. The molecule has 5 rings (SSSR count). The highest BCUT2D eigenvalue weighted by Crippen LogP contribution is 2.44. The summed E-state index contributed by atoms with van der Waals surface area (Å²) < 4.78 is 5.54. The van der Waals surface area contributed by atoms with Crippen LogP contribution in [0.1, 0.15) is 42.4 Å². The highest BCUT2D eigenvalue weighted by atomic mass is 16.5. The molecule has 3 aromatic carbocycles. The van der Waals surface area contributed by atoms with Crippen LogP contribution in [0.5, 0.6) is 0 Å². The lowest BCUT2D eigenvalue weighted by atomic mass is 9.87. The second-order valence-corrected chi connectivity index (χ2v) is 10.3. The van der Waals surface area contributed by atoms with Crippen molar-refractivity contribution in [2.45, 2.75) is 43.8 Å². The molecule has 39 heavy (non-hydrogen) atoms. The van der Waals surface area contributed by atoms with Gasteiger partial charge in [-0.05, 0) is 47.6 Å². The average Bonchev–Trinajstić information content (AvgIpc) is 3.27. The summed E-state index contributed by atoms with van der Waals surface area (Å²) in [4.78, 5) is 40.0. The number of aliphatic carboxylic acids is 1. The van der Waals surface area contributed by atoms with Crippen molar-refractivity contribution in [1.29, 1.82) is 0 Å². The number of likely N-dealkylation sites (tertiary alicyclic amines) is 1. The van der Waals surface area contributed by atoms with Crippen molar-refractivity contribution in [2.24, 2.45) is 0 Å². The Hall–Kier alpha value is -4.17. The Morgan fingerprint density at radius 2 is 1.49 bits per heavy atom. The second kappa shape index (κ2) is 11.3. The van der Waals surface area contributed by atoms with E-state index in [1.165, 1.54) is 6.92 Å². The van der Waals surface area contributed by atoms with Gasteiger partial charge in [-0.2, -0.15) is 0 Å². The number of alkyl carbamates (subject to hydrolysis) is 1. The number of benzene rings is 3. The molecule has 0 bridgehead atoms. The zero-order valence-corrected chi connectivity index (χ0v) is 21.9. The molecular formula is C31H33N3O5. The highest BCUT2D eigenvalue weighted by Gasteiger charge is 2.43. The number of ether oxygens (including phenoxy) is 1. The fraction of sp³-hybridized carbons (Fsp3) is 0.323. The molecule has 1 saturated heterocycles. The number of nitrogens with zero attached hydrogens (tertiary/aromatic N) is 1. The van der Waals surface area contributed by atoms with E-state index in [2.05, 4.69) is 27.7 Å². The van der Waals surface area contributed by atoms with Gasteiger partial charge in [-0.15, -0.1) is 0 Å². The number of hydrogen-bond donors (Lipinski definition) is 3. The van der Waals surface area contributed by atoms with E-state index in [9.17, 15) is 19.5 Å². The third-order valence-corrected chi connectivity index (χ3v) is 7.80. The van der Waals surface area contributed by atoms with Gasteiger partial charge in [0.15, 0.2) is 0 Å². The molecule has 3 N–H and O–H groups in total. The molecule has 1 fully saturated rings. The van der Waals surface area contributed by atoms with Gasteiger partial charge in [-0.25, -0.2) is 9.59 Å². The van der Waals surface area contributed by atoms with Crippen molar-refractivity contribution >= 4 is 18.0 Å². The molecule has 0 radical (unpaired) electrons. The van der Waals surface area contributed by atoms with Gasteiger partial charge in [-0.3, -0.25) is 9.69 Å². The molecular weight excluding hydrogens is 494 g/mol. The van der Waals surface area contributed by atoms with Crippen LogP contribution in [-0.2, 0) is 20.9 Å². The molecule has 0 aromatic heterocycles. The van der Waals surface area contributed by atoms with Crippen molar-refractivity contribution in [3.63, 3.8) is 0 Å². The van der Waals surface area contributed by atoms with E-state index >= 15 is 0 Å². The molecule has 1 atom stereocenters. The monoisotopic (exact) mass is 527 g/mol. The molecule has 3 aromatic rings. The Morgan fingerprint density at radius 3 is 2.08 bits per heavy atom. The molecule has 0 spiro atoms. The van der Waals surface area contributed by atoms with E-state index in [0.29, 0.717) is 13.1 Å². The summed E-state index contributed by atoms with van der Waals surface area (Å²) in [5.41, 5.74) is 4.23. The lowest BCUT2D eigenvalue weighted by Crippen LogP contribution is -2.62. The normalized spacial score (nSPS) is 16.9. The summed E-state index contributed by atoms with van der Waals surface area (Å²) in [6, 6.07) is 25.1. The fourth-order valence-electron chi connectivity index (χ4n) is 5.55. The van der Waals surface area contributed by atoms with Gasteiger partial charge in [0.2, 0.25) is 5.91 Å². The third kappa shape index (κ3) is 5.66. The first-order valence-corrected chi connectivity index (χ1v) is 13.3. The summed E-state index contributed by atoms with van der Waals surface area (Å²) in [7, 11) is 0. The number of amides is 2. The van der Waals surface area contributed by atoms with E-state index in [4.69, 9.17) is 4.74 Å². The minimum Gasteiger partial charge on any atom is -0.480 e. The summed E-state index contributed by atoms with van der Waals surface area (Å²) in [6.45, 7) is 3.46. The predicted octanol–water partition coefficient (Wildman–Crippen LogP) is 4.15. The van der Waals surface area contributed by atoms with Crippen LogP contribution in [0.2, 0.25) is 0 Å². The van der Waals surface area contributed by atoms with Crippen molar-refractivity contribution in [1.82, 2.24) is 15.5 Å². The second-order valence-electron chi connectivity index (χ2n) is 10.3. The van der Waals surface area contributed by atoms with Crippen molar-refractivity contribution in [2.75, 3.05) is 19.7 Å². The summed E-state index contributed by atoms with van der Waals surface area (Å²) in [6.07, 6.45) is -0.168.